The summed E-state index contributed by atoms with van der Waals surface area (Å²) in [6.45, 7) is 3.97. The van der Waals surface area contributed by atoms with Crippen LogP contribution in [0.2, 0.25) is 0 Å². The van der Waals surface area contributed by atoms with Crippen LogP contribution in [-0.4, -0.2) is 22.5 Å². The normalized spacial score (nSPS) is 10.6. The molecule has 0 saturated carbocycles. The fraction of sp³-hybridized carbons (Fsp3) is 0.273. The molecule has 0 unspecified atom stereocenters. The van der Waals surface area contributed by atoms with E-state index >= 15 is 0 Å². The van der Waals surface area contributed by atoms with Crippen LogP contribution in [0.4, 0.5) is 5.69 Å². The zero-order chi connectivity index (χ0) is 19.6. The van der Waals surface area contributed by atoms with Crippen LogP contribution in [-0.2, 0) is 17.9 Å². The van der Waals surface area contributed by atoms with Crippen LogP contribution < -0.4 is 15.4 Å². The van der Waals surface area contributed by atoms with Gasteiger partial charge in [-0.1, -0.05) is 30.3 Å². The zero-order valence-electron chi connectivity index (χ0n) is 16.1. The highest BCUT2D eigenvalue weighted by Gasteiger charge is 2.04. The number of hydrogen-bond donors (Lipinski definition) is 3. The van der Waals surface area contributed by atoms with Gasteiger partial charge in [0.05, 0.1) is 13.2 Å². The number of anilines is 1. The number of carbonyl (C=O) groups is 1. The van der Waals surface area contributed by atoms with Crippen molar-refractivity contribution in [2.45, 2.75) is 32.9 Å². The smallest absolute Gasteiger partial charge is 0.224 e. The quantitative estimate of drug-likeness (QED) is 0.469. The van der Waals surface area contributed by atoms with Gasteiger partial charge in [0, 0.05) is 31.0 Å². The third-order valence-corrected chi connectivity index (χ3v) is 4.31. The summed E-state index contributed by atoms with van der Waals surface area (Å²) in [5.41, 5.74) is 3.06. The van der Waals surface area contributed by atoms with E-state index in [1.807, 2.05) is 61.7 Å². The average Bonchev–Trinajstić information content (AvgIpc) is 3.21. The number of aromatic nitrogens is 2. The Hall–Kier alpha value is -3.12. The predicted octanol–water partition coefficient (Wildman–Crippen LogP) is 3.81. The number of ether oxygens (including phenoxy) is 1. The Bertz CT molecular complexity index is 861. The minimum atomic E-state index is -0.00271. The third-order valence-electron chi connectivity index (χ3n) is 4.31. The second-order valence-electron chi connectivity index (χ2n) is 6.60. The van der Waals surface area contributed by atoms with Crippen LogP contribution in [0.15, 0.2) is 60.9 Å². The van der Waals surface area contributed by atoms with Gasteiger partial charge in [-0.25, -0.2) is 4.98 Å². The molecule has 0 fully saturated rings. The Balaban J connectivity index is 1.34. The summed E-state index contributed by atoms with van der Waals surface area (Å²) < 4.78 is 5.72. The van der Waals surface area contributed by atoms with E-state index in [1.165, 1.54) is 0 Å². The summed E-state index contributed by atoms with van der Waals surface area (Å²) in [5, 5.41) is 6.25. The number of amides is 1. The van der Waals surface area contributed by atoms with Gasteiger partial charge in [0.1, 0.15) is 11.6 Å². The van der Waals surface area contributed by atoms with Crippen LogP contribution in [0, 0.1) is 6.92 Å². The van der Waals surface area contributed by atoms with Crippen molar-refractivity contribution in [3.05, 3.63) is 77.9 Å². The molecule has 1 aromatic heterocycles. The van der Waals surface area contributed by atoms with Crippen LogP contribution in [0.25, 0.3) is 0 Å². The lowest BCUT2D eigenvalue weighted by molar-refractivity contribution is -0.116. The number of benzene rings is 2. The number of para-hydroxylation sites is 1. The average molecular weight is 378 g/mol. The number of H-pyrrole nitrogens is 1. The zero-order valence-corrected chi connectivity index (χ0v) is 16.1. The number of nitrogens with zero attached hydrogens (tertiary/aromatic N) is 1. The molecule has 0 bridgehead atoms. The summed E-state index contributed by atoms with van der Waals surface area (Å²) >= 11 is 0. The molecule has 146 valence electrons. The van der Waals surface area contributed by atoms with Crippen molar-refractivity contribution in [3.8, 4) is 5.75 Å². The van der Waals surface area contributed by atoms with E-state index in [-0.39, 0.29) is 5.91 Å². The molecule has 0 aliphatic rings. The molecule has 1 heterocycles. The van der Waals surface area contributed by atoms with E-state index in [1.54, 1.807) is 6.20 Å². The minimum absolute atomic E-state index is 0.00271. The molecule has 3 N–H and O–H groups in total. The number of aromatic amines is 1. The Kier molecular flexibility index (Phi) is 7.21. The summed E-state index contributed by atoms with van der Waals surface area (Å²) in [7, 11) is 0. The molecule has 3 aromatic rings. The number of nitrogens with one attached hydrogen (secondary N) is 3. The molecule has 0 radical (unpaired) electrons. The van der Waals surface area contributed by atoms with Gasteiger partial charge in [0.25, 0.3) is 0 Å². The topological polar surface area (TPSA) is 79.0 Å². The van der Waals surface area contributed by atoms with Gasteiger partial charge in [-0.05, 0) is 42.7 Å². The number of carbonyl (C=O) groups excluding carboxylic acids is 1. The lowest BCUT2D eigenvalue weighted by Gasteiger charge is -2.09. The predicted molar refractivity (Wildman–Crippen MR) is 110 cm³/mol. The summed E-state index contributed by atoms with van der Waals surface area (Å²) in [4.78, 5) is 19.3. The SMILES string of the molecule is Cc1ccccc1OCCCC(=O)Nc1ccc(CNCc2ncc[nH]2)cc1. The molecule has 6 nitrogen and oxygen atoms in total. The first-order chi connectivity index (χ1) is 13.7. The molecule has 0 aliphatic carbocycles. The van der Waals surface area contributed by atoms with Crippen LogP contribution in [0.3, 0.4) is 0 Å². The standard InChI is InChI=1S/C22H26N4O2/c1-17-5-2-3-6-20(17)28-14-4-7-22(27)26-19-10-8-18(9-11-19)15-23-16-21-24-12-13-25-21/h2-3,5-6,8-13,23H,4,7,14-16H2,1H3,(H,24,25)(H,26,27). The number of imidazole rings is 1. The highest BCUT2D eigenvalue weighted by molar-refractivity contribution is 5.90. The lowest BCUT2D eigenvalue weighted by atomic mass is 10.2. The molecular weight excluding hydrogens is 352 g/mol. The van der Waals surface area contributed by atoms with Gasteiger partial charge in [-0.3, -0.25) is 4.79 Å². The summed E-state index contributed by atoms with van der Waals surface area (Å²) in [6.07, 6.45) is 4.65. The molecule has 2 aromatic carbocycles. The fourth-order valence-corrected chi connectivity index (χ4v) is 2.78. The molecule has 0 atom stereocenters. The van der Waals surface area contributed by atoms with E-state index in [0.717, 1.165) is 34.9 Å². The Morgan fingerprint density at radius 1 is 1.11 bits per heavy atom. The Morgan fingerprint density at radius 2 is 1.93 bits per heavy atom. The van der Waals surface area contributed by atoms with Crippen LogP contribution in [0.5, 0.6) is 5.75 Å². The van der Waals surface area contributed by atoms with Gasteiger partial charge >= 0.3 is 0 Å². The van der Waals surface area contributed by atoms with Crippen molar-refractivity contribution < 1.29 is 9.53 Å². The van der Waals surface area contributed by atoms with E-state index in [2.05, 4.69) is 20.6 Å². The molecule has 0 spiro atoms. The minimum Gasteiger partial charge on any atom is -0.493 e. The molecule has 0 aliphatic heterocycles. The Labute approximate surface area is 165 Å². The second-order valence-corrected chi connectivity index (χ2v) is 6.60. The Morgan fingerprint density at radius 3 is 2.68 bits per heavy atom. The number of hydrogen-bond acceptors (Lipinski definition) is 4. The van der Waals surface area contributed by atoms with Crippen molar-refractivity contribution >= 4 is 11.6 Å². The molecule has 6 heteroatoms. The van der Waals surface area contributed by atoms with Crippen molar-refractivity contribution in [1.82, 2.24) is 15.3 Å². The van der Waals surface area contributed by atoms with Gasteiger partial charge in [0.15, 0.2) is 0 Å². The highest BCUT2D eigenvalue weighted by Crippen LogP contribution is 2.16. The van der Waals surface area contributed by atoms with E-state index in [4.69, 9.17) is 4.74 Å². The second kappa shape index (κ2) is 10.3. The van der Waals surface area contributed by atoms with E-state index in [9.17, 15) is 4.79 Å². The van der Waals surface area contributed by atoms with Crippen molar-refractivity contribution in [3.63, 3.8) is 0 Å². The largest absolute Gasteiger partial charge is 0.493 e. The number of rotatable bonds is 10. The van der Waals surface area contributed by atoms with Gasteiger partial charge in [-0.15, -0.1) is 0 Å². The fourth-order valence-electron chi connectivity index (χ4n) is 2.78. The highest BCUT2D eigenvalue weighted by atomic mass is 16.5. The van der Waals surface area contributed by atoms with Gasteiger partial charge < -0.3 is 20.4 Å². The first kappa shape index (κ1) is 19.6. The van der Waals surface area contributed by atoms with Gasteiger partial charge in [0.2, 0.25) is 5.91 Å². The van der Waals surface area contributed by atoms with Crippen LogP contribution in [0.1, 0.15) is 29.8 Å². The van der Waals surface area contributed by atoms with Crippen molar-refractivity contribution in [2.75, 3.05) is 11.9 Å². The summed E-state index contributed by atoms with van der Waals surface area (Å²) in [5.74, 6) is 1.78. The number of aryl methyl sites for hydroxylation is 1. The first-order valence-corrected chi connectivity index (χ1v) is 9.47. The monoisotopic (exact) mass is 378 g/mol. The molecule has 28 heavy (non-hydrogen) atoms. The molecule has 3 rings (SSSR count). The molecule has 1 amide bonds. The maximum atomic E-state index is 12.1. The lowest BCUT2D eigenvalue weighted by Crippen LogP contribution is -2.14. The van der Waals surface area contributed by atoms with Crippen molar-refractivity contribution in [1.29, 1.82) is 0 Å². The van der Waals surface area contributed by atoms with E-state index < -0.39 is 0 Å². The van der Waals surface area contributed by atoms with Gasteiger partial charge in [-0.2, -0.15) is 0 Å². The maximum Gasteiger partial charge on any atom is 0.224 e. The molecular formula is C22H26N4O2. The van der Waals surface area contributed by atoms with Crippen molar-refractivity contribution in [2.24, 2.45) is 0 Å². The first-order valence-electron chi connectivity index (χ1n) is 9.47. The van der Waals surface area contributed by atoms with Crippen LogP contribution >= 0.6 is 0 Å². The molecule has 0 saturated heterocycles. The summed E-state index contributed by atoms with van der Waals surface area (Å²) in [6, 6.07) is 15.7. The third kappa shape index (κ3) is 6.25. The maximum absolute atomic E-state index is 12.1. The van der Waals surface area contributed by atoms with E-state index in [0.29, 0.717) is 26.0 Å².